The zero-order valence-electron chi connectivity index (χ0n) is 11.9. The fourth-order valence-electron chi connectivity index (χ4n) is 2.01. The summed E-state index contributed by atoms with van der Waals surface area (Å²) in [4.78, 5) is 20.5. The van der Waals surface area contributed by atoms with E-state index in [0.29, 0.717) is 22.8 Å². The summed E-state index contributed by atoms with van der Waals surface area (Å²) in [5.74, 6) is 1.07. The van der Waals surface area contributed by atoms with E-state index in [1.165, 1.54) is 6.20 Å². The Bertz CT molecular complexity index is 767. The lowest BCUT2D eigenvalue weighted by atomic mass is 10.2. The standard InChI is InChI=1S/C16H14N4O2/c1-22-14-5-3-2-4-13(14)19-16(21)12-6-7-15(18-10-12)20-9-8-17-11-20/h2-11H,1H3,(H,19,21). The van der Waals surface area contributed by atoms with E-state index in [9.17, 15) is 4.79 Å². The number of hydrogen-bond acceptors (Lipinski definition) is 4. The number of carbonyl (C=O) groups excluding carboxylic acids is 1. The maximum atomic E-state index is 12.3. The summed E-state index contributed by atoms with van der Waals surface area (Å²) in [5.41, 5.74) is 1.09. The van der Waals surface area contributed by atoms with Crippen LogP contribution in [0.1, 0.15) is 10.4 Å². The molecule has 22 heavy (non-hydrogen) atoms. The number of hydrogen-bond donors (Lipinski definition) is 1. The molecule has 0 aliphatic rings. The zero-order chi connectivity index (χ0) is 15.4. The summed E-state index contributed by atoms with van der Waals surface area (Å²) in [7, 11) is 1.56. The molecule has 3 aromatic rings. The normalized spacial score (nSPS) is 10.2. The number of rotatable bonds is 4. The average Bonchev–Trinajstić information content (AvgIpc) is 3.10. The highest BCUT2D eigenvalue weighted by Gasteiger charge is 2.10. The van der Waals surface area contributed by atoms with Crippen molar-refractivity contribution in [3.8, 4) is 11.6 Å². The fraction of sp³-hybridized carbons (Fsp3) is 0.0625. The number of nitrogens with one attached hydrogen (secondary N) is 1. The van der Waals surface area contributed by atoms with Crippen molar-refractivity contribution >= 4 is 11.6 Å². The Morgan fingerprint density at radius 2 is 2.09 bits per heavy atom. The minimum atomic E-state index is -0.241. The molecule has 0 saturated carbocycles. The van der Waals surface area contributed by atoms with Gasteiger partial charge in [-0.1, -0.05) is 12.1 Å². The van der Waals surface area contributed by atoms with Crippen LogP contribution in [0.25, 0.3) is 5.82 Å². The molecule has 1 aromatic carbocycles. The van der Waals surface area contributed by atoms with Crippen molar-refractivity contribution < 1.29 is 9.53 Å². The number of aromatic nitrogens is 3. The van der Waals surface area contributed by atoms with Gasteiger partial charge in [-0.15, -0.1) is 0 Å². The van der Waals surface area contributed by atoms with Crippen molar-refractivity contribution in [2.45, 2.75) is 0 Å². The first-order chi connectivity index (χ1) is 10.8. The van der Waals surface area contributed by atoms with E-state index in [1.54, 1.807) is 54.7 Å². The van der Waals surface area contributed by atoms with Crippen LogP contribution in [0.2, 0.25) is 0 Å². The number of para-hydroxylation sites is 2. The molecule has 1 amide bonds. The lowest BCUT2D eigenvalue weighted by molar-refractivity contribution is 0.102. The maximum Gasteiger partial charge on any atom is 0.257 e. The van der Waals surface area contributed by atoms with E-state index in [1.807, 2.05) is 12.1 Å². The monoisotopic (exact) mass is 294 g/mol. The topological polar surface area (TPSA) is 69.0 Å². The van der Waals surface area contributed by atoms with Gasteiger partial charge in [0.15, 0.2) is 0 Å². The molecular formula is C16H14N4O2. The van der Waals surface area contributed by atoms with Crippen molar-refractivity contribution in [2.75, 3.05) is 12.4 Å². The van der Waals surface area contributed by atoms with Gasteiger partial charge in [0.25, 0.3) is 5.91 Å². The molecule has 0 spiro atoms. The summed E-state index contributed by atoms with van der Waals surface area (Å²) in [6, 6.07) is 10.7. The third-order valence-electron chi connectivity index (χ3n) is 3.13. The number of methoxy groups -OCH3 is 1. The zero-order valence-corrected chi connectivity index (χ0v) is 11.9. The highest BCUT2D eigenvalue weighted by Crippen LogP contribution is 2.23. The third kappa shape index (κ3) is 2.80. The lowest BCUT2D eigenvalue weighted by Crippen LogP contribution is -2.13. The van der Waals surface area contributed by atoms with Crippen molar-refractivity contribution in [2.24, 2.45) is 0 Å². The minimum Gasteiger partial charge on any atom is -0.495 e. The van der Waals surface area contributed by atoms with Crippen molar-refractivity contribution in [1.29, 1.82) is 0 Å². The van der Waals surface area contributed by atoms with Crippen LogP contribution in [0.3, 0.4) is 0 Å². The van der Waals surface area contributed by atoms with Crippen LogP contribution in [0.15, 0.2) is 61.3 Å². The van der Waals surface area contributed by atoms with Gasteiger partial charge < -0.3 is 10.1 Å². The smallest absolute Gasteiger partial charge is 0.257 e. The first-order valence-corrected chi connectivity index (χ1v) is 6.66. The van der Waals surface area contributed by atoms with E-state index in [2.05, 4.69) is 15.3 Å². The Morgan fingerprint density at radius 3 is 2.77 bits per heavy atom. The van der Waals surface area contributed by atoms with Crippen LogP contribution in [0.5, 0.6) is 5.75 Å². The summed E-state index contributed by atoms with van der Waals surface area (Å²) in [6.45, 7) is 0. The molecule has 0 bridgehead atoms. The molecule has 0 unspecified atom stereocenters. The predicted molar refractivity (Wildman–Crippen MR) is 82.3 cm³/mol. The molecule has 0 radical (unpaired) electrons. The number of amides is 1. The molecule has 0 atom stereocenters. The molecule has 2 aromatic heterocycles. The highest BCUT2D eigenvalue weighted by molar-refractivity contribution is 6.04. The Kier molecular flexibility index (Phi) is 3.82. The van der Waals surface area contributed by atoms with Gasteiger partial charge in [-0.05, 0) is 24.3 Å². The Morgan fingerprint density at radius 1 is 1.23 bits per heavy atom. The first kappa shape index (κ1) is 13.8. The molecule has 1 N–H and O–H groups in total. The van der Waals surface area contributed by atoms with Gasteiger partial charge in [0.2, 0.25) is 0 Å². The molecule has 2 heterocycles. The molecule has 110 valence electrons. The number of benzene rings is 1. The van der Waals surface area contributed by atoms with E-state index in [-0.39, 0.29) is 5.91 Å². The molecule has 3 rings (SSSR count). The number of nitrogens with zero attached hydrogens (tertiary/aromatic N) is 3. The number of pyridine rings is 1. The largest absolute Gasteiger partial charge is 0.495 e. The molecule has 0 aliphatic carbocycles. The molecular weight excluding hydrogens is 280 g/mol. The second kappa shape index (κ2) is 6.09. The summed E-state index contributed by atoms with van der Waals surface area (Å²) in [5, 5.41) is 2.81. The molecule has 6 nitrogen and oxygen atoms in total. The Labute approximate surface area is 127 Å². The van der Waals surface area contributed by atoms with Crippen molar-refractivity contribution in [1.82, 2.24) is 14.5 Å². The molecule has 0 saturated heterocycles. The second-order valence-corrected chi connectivity index (χ2v) is 4.53. The van der Waals surface area contributed by atoms with Crippen LogP contribution in [0.4, 0.5) is 5.69 Å². The average molecular weight is 294 g/mol. The van der Waals surface area contributed by atoms with Crippen molar-refractivity contribution in [3.63, 3.8) is 0 Å². The highest BCUT2D eigenvalue weighted by atomic mass is 16.5. The number of ether oxygens (including phenoxy) is 1. The van der Waals surface area contributed by atoms with Crippen LogP contribution >= 0.6 is 0 Å². The minimum absolute atomic E-state index is 0.241. The fourth-order valence-corrected chi connectivity index (χ4v) is 2.01. The van der Waals surface area contributed by atoms with Crippen molar-refractivity contribution in [3.05, 3.63) is 66.9 Å². The van der Waals surface area contributed by atoms with Gasteiger partial charge in [-0.3, -0.25) is 9.36 Å². The van der Waals surface area contributed by atoms with Crippen LogP contribution < -0.4 is 10.1 Å². The van der Waals surface area contributed by atoms with Gasteiger partial charge in [-0.25, -0.2) is 9.97 Å². The van der Waals surface area contributed by atoms with Gasteiger partial charge in [0, 0.05) is 18.6 Å². The van der Waals surface area contributed by atoms with Crippen LogP contribution in [0, 0.1) is 0 Å². The Balaban J connectivity index is 1.78. The molecule has 0 fully saturated rings. The number of anilines is 1. The van der Waals surface area contributed by atoms with E-state index in [4.69, 9.17) is 4.74 Å². The second-order valence-electron chi connectivity index (χ2n) is 4.53. The Hall–Kier alpha value is -3.15. The third-order valence-corrected chi connectivity index (χ3v) is 3.13. The molecule has 0 aliphatic heterocycles. The SMILES string of the molecule is COc1ccccc1NC(=O)c1ccc(-n2ccnc2)nc1. The van der Waals surface area contributed by atoms with Crippen LogP contribution in [-0.4, -0.2) is 27.6 Å². The van der Waals surface area contributed by atoms with Crippen LogP contribution in [-0.2, 0) is 0 Å². The number of imidazole rings is 1. The molecule has 6 heteroatoms. The van der Waals surface area contributed by atoms with Gasteiger partial charge in [0.05, 0.1) is 18.4 Å². The summed E-state index contributed by atoms with van der Waals surface area (Å²) < 4.78 is 6.98. The van der Waals surface area contributed by atoms with E-state index in [0.717, 1.165) is 0 Å². The lowest BCUT2D eigenvalue weighted by Gasteiger charge is -2.10. The van der Waals surface area contributed by atoms with Gasteiger partial charge in [-0.2, -0.15) is 0 Å². The van der Waals surface area contributed by atoms with E-state index >= 15 is 0 Å². The quantitative estimate of drug-likeness (QED) is 0.802. The summed E-state index contributed by atoms with van der Waals surface area (Å²) in [6.07, 6.45) is 6.64. The number of carbonyl (C=O) groups is 1. The predicted octanol–water partition coefficient (Wildman–Crippen LogP) is 2.53. The van der Waals surface area contributed by atoms with Gasteiger partial charge >= 0.3 is 0 Å². The maximum absolute atomic E-state index is 12.3. The summed E-state index contributed by atoms with van der Waals surface area (Å²) >= 11 is 0. The first-order valence-electron chi connectivity index (χ1n) is 6.66. The van der Waals surface area contributed by atoms with Gasteiger partial charge in [0.1, 0.15) is 17.9 Å². The van der Waals surface area contributed by atoms with E-state index < -0.39 is 0 Å².